The zero-order chi connectivity index (χ0) is 12.8. The van der Waals surface area contributed by atoms with Crippen LogP contribution in [0.2, 0.25) is 0 Å². The second-order valence-electron chi connectivity index (χ2n) is 3.69. The van der Waals surface area contributed by atoms with Crippen molar-refractivity contribution in [3.8, 4) is 0 Å². The number of methoxy groups -OCH3 is 1. The first-order valence-electron chi connectivity index (χ1n) is 5.51. The molecule has 0 radical (unpaired) electrons. The fourth-order valence-electron chi connectivity index (χ4n) is 1.41. The number of nitrogens with one attached hydrogen (secondary N) is 1. The molecule has 0 spiro atoms. The Morgan fingerprint density at radius 1 is 1.53 bits per heavy atom. The second-order valence-corrected chi connectivity index (χ2v) is 3.69. The molecule has 0 saturated heterocycles. The summed E-state index contributed by atoms with van der Waals surface area (Å²) >= 11 is 0. The first kappa shape index (κ1) is 13.3. The number of anilines is 2. The number of nitrogen functional groups attached to an aromatic ring is 1. The molecular formula is C12H17FN2O2. The molecule has 0 atom stereocenters. The maximum Gasteiger partial charge on any atom is 0.340 e. The molecule has 1 rings (SSSR count). The van der Waals surface area contributed by atoms with Crippen LogP contribution in [0, 0.1) is 5.82 Å². The van der Waals surface area contributed by atoms with Crippen LogP contribution in [0.1, 0.15) is 30.1 Å². The summed E-state index contributed by atoms with van der Waals surface area (Å²) in [6.45, 7) is 2.69. The van der Waals surface area contributed by atoms with Crippen molar-refractivity contribution < 1.29 is 13.9 Å². The highest BCUT2D eigenvalue weighted by molar-refractivity contribution is 5.96. The minimum absolute atomic E-state index is 0.0791. The first-order valence-corrected chi connectivity index (χ1v) is 5.51. The third-order valence-corrected chi connectivity index (χ3v) is 2.39. The highest BCUT2D eigenvalue weighted by Crippen LogP contribution is 2.22. The summed E-state index contributed by atoms with van der Waals surface area (Å²) in [5.74, 6) is -1.03. The Hall–Kier alpha value is -1.78. The van der Waals surface area contributed by atoms with Crippen LogP contribution in [0.15, 0.2) is 12.1 Å². The van der Waals surface area contributed by atoms with E-state index in [1.54, 1.807) is 0 Å². The summed E-state index contributed by atoms with van der Waals surface area (Å²) in [6, 6.07) is 2.51. The molecule has 1 aromatic carbocycles. The van der Waals surface area contributed by atoms with E-state index in [0.29, 0.717) is 6.54 Å². The van der Waals surface area contributed by atoms with Crippen LogP contribution in [0.5, 0.6) is 0 Å². The van der Waals surface area contributed by atoms with Crippen molar-refractivity contribution in [1.82, 2.24) is 0 Å². The van der Waals surface area contributed by atoms with Crippen LogP contribution in [0.3, 0.4) is 0 Å². The van der Waals surface area contributed by atoms with Gasteiger partial charge in [0.05, 0.1) is 18.4 Å². The second kappa shape index (κ2) is 6.08. The molecule has 4 nitrogen and oxygen atoms in total. The smallest absolute Gasteiger partial charge is 0.340 e. The molecule has 0 fully saturated rings. The number of hydrogen-bond donors (Lipinski definition) is 2. The van der Waals surface area contributed by atoms with E-state index in [4.69, 9.17) is 5.73 Å². The third-order valence-electron chi connectivity index (χ3n) is 2.39. The lowest BCUT2D eigenvalue weighted by atomic mass is 10.1. The number of esters is 1. The van der Waals surface area contributed by atoms with Crippen molar-refractivity contribution in [2.24, 2.45) is 0 Å². The lowest BCUT2D eigenvalue weighted by Crippen LogP contribution is -2.09. The van der Waals surface area contributed by atoms with Crippen LogP contribution >= 0.6 is 0 Å². The molecule has 0 aliphatic carbocycles. The number of carbonyl (C=O) groups excluding carboxylic acids is 1. The molecule has 5 heteroatoms. The zero-order valence-electron chi connectivity index (χ0n) is 10.0. The lowest BCUT2D eigenvalue weighted by Gasteiger charge is -2.10. The molecule has 0 aliphatic heterocycles. The Bertz CT molecular complexity index is 408. The zero-order valence-corrected chi connectivity index (χ0v) is 10.0. The predicted octanol–water partition coefficient (Wildman–Crippen LogP) is 2.41. The lowest BCUT2D eigenvalue weighted by molar-refractivity contribution is 0.0602. The molecule has 94 valence electrons. The number of rotatable bonds is 5. The molecule has 0 aliphatic rings. The van der Waals surface area contributed by atoms with Crippen molar-refractivity contribution in [2.45, 2.75) is 19.8 Å². The summed E-state index contributed by atoms with van der Waals surface area (Å²) < 4.78 is 18.1. The average molecular weight is 240 g/mol. The van der Waals surface area contributed by atoms with E-state index in [1.165, 1.54) is 13.2 Å². The highest BCUT2D eigenvalue weighted by Gasteiger charge is 2.14. The summed E-state index contributed by atoms with van der Waals surface area (Å²) in [6.07, 6.45) is 1.94. The Morgan fingerprint density at radius 3 is 2.82 bits per heavy atom. The van der Waals surface area contributed by atoms with E-state index in [-0.39, 0.29) is 16.9 Å². The molecule has 0 unspecified atom stereocenters. The molecule has 17 heavy (non-hydrogen) atoms. The van der Waals surface area contributed by atoms with E-state index >= 15 is 0 Å². The van der Waals surface area contributed by atoms with Crippen LogP contribution in [-0.4, -0.2) is 19.6 Å². The number of nitrogens with two attached hydrogens (primary N) is 1. The number of unbranched alkanes of at least 4 members (excludes halogenated alkanes) is 1. The van der Waals surface area contributed by atoms with Crippen molar-refractivity contribution in [1.29, 1.82) is 0 Å². The standard InChI is InChI=1S/C12H17FN2O2/c1-3-4-5-15-11-6-8(12(16)17-2)10(14)7-9(11)13/h6-7,15H,3-5,14H2,1-2H3. The topological polar surface area (TPSA) is 64.3 Å². The minimum atomic E-state index is -0.568. The number of benzene rings is 1. The molecule has 0 bridgehead atoms. The normalized spacial score (nSPS) is 10.1. The maximum atomic E-state index is 13.5. The van der Waals surface area contributed by atoms with Gasteiger partial charge in [-0.1, -0.05) is 13.3 Å². The van der Waals surface area contributed by atoms with Gasteiger partial charge in [0.15, 0.2) is 0 Å². The number of halogens is 1. The Labute approximate surface area is 100.0 Å². The quantitative estimate of drug-likeness (QED) is 0.471. The summed E-state index contributed by atoms with van der Waals surface area (Å²) in [7, 11) is 1.26. The third kappa shape index (κ3) is 3.34. The summed E-state index contributed by atoms with van der Waals surface area (Å²) in [5.41, 5.74) is 6.08. The van der Waals surface area contributed by atoms with Crippen molar-refractivity contribution in [2.75, 3.05) is 24.7 Å². The summed E-state index contributed by atoms with van der Waals surface area (Å²) in [4.78, 5) is 11.4. The SMILES string of the molecule is CCCCNc1cc(C(=O)OC)c(N)cc1F. The van der Waals surface area contributed by atoms with Crippen molar-refractivity contribution in [3.63, 3.8) is 0 Å². The van der Waals surface area contributed by atoms with E-state index < -0.39 is 11.8 Å². The van der Waals surface area contributed by atoms with E-state index in [0.717, 1.165) is 18.9 Å². The number of hydrogen-bond acceptors (Lipinski definition) is 4. The summed E-state index contributed by atoms with van der Waals surface area (Å²) in [5, 5.41) is 2.92. The molecule has 0 heterocycles. The fraction of sp³-hybridized carbons (Fsp3) is 0.417. The van der Waals surface area contributed by atoms with Crippen molar-refractivity contribution in [3.05, 3.63) is 23.5 Å². The van der Waals surface area contributed by atoms with Gasteiger partial charge in [0.1, 0.15) is 5.82 Å². The van der Waals surface area contributed by atoms with Crippen LogP contribution in [0.25, 0.3) is 0 Å². The minimum Gasteiger partial charge on any atom is -0.465 e. The van der Waals surface area contributed by atoms with Gasteiger partial charge in [0, 0.05) is 12.2 Å². The van der Waals surface area contributed by atoms with Crippen LogP contribution in [-0.2, 0) is 4.74 Å². The van der Waals surface area contributed by atoms with Crippen molar-refractivity contribution >= 4 is 17.3 Å². The fourth-order valence-corrected chi connectivity index (χ4v) is 1.41. The van der Waals surface area contributed by atoms with Gasteiger partial charge < -0.3 is 15.8 Å². The van der Waals surface area contributed by atoms with Gasteiger partial charge in [-0.05, 0) is 18.6 Å². The van der Waals surface area contributed by atoms with Crippen LogP contribution < -0.4 is 11.1 Å². The van der Waals surface area contributed by atoms with Gasteiger partial charge in [0.25, 0.3) is 0 Å². The number of carbonyl (C=O) groups is 1. The van der Waals surface area contributed by atoms with Gasteiger partial charge in [-0.15, -0.1) is 0 Å². The largest absolute Gasteiger partial charge is 0.465 e. The Balaban J connectivity index is 2.93. The Kier molecular flexibility index (Phi) is 4.75. The molecule has 0 aromatic heterocycles. The highest BCUT2D eigenvalue weighted by atomic mass is 19.1. The monoisotopic (exact) mass is 240 g/mol. The Morgan fingerprint density at radius 2 is 2.24 bits per heavy atom. The van der Waals surface area contributed by atoms with E-state index in [9.17, 15) is 9.18 Å². The van der Waals surface area contributed by atoms with Crippen LogP contribution in [0.4, 0.5) is 15.8 Å². The molecule has 1 aromatic rings. The molecule has 0 amide bonds. The van der Waals surface area contributed by atoms with Gasteiger partial charge in [0.2, 0.25) is 0 Å². The van der Waals surface area contributed by atoms with Gasteiger partial charge in [-0.3, -0.25) is 0 Å². The number of ether oxygens (including phenoxy) is 1. The molecule has 3 N–H and O–H groups in total. The predicted molar refractivity (Wildman–Crippen MR) is 65.5 cm³/mol. The maximum absolute atomic E-state index is 13.5. The van der Waals surface area contributed by atoms with E-state index in [2.05, 4.69) is 10.1 Å². The molecular weight excluding hydrogens is 223 g/mol. The first-order chi connectivity index (χ1) is 8.10. The average Bonchev–Trinajstić information content (AvgIpc) is 2.31. The van der Waals surface area contributed by atoms with E-state index in [1.807, 2.05) is 6.92 Å². The van der Waals surface area contributed by atoms with Gasteiger partial charge in [-0.25, -0.2) is 9.18 Å². The molecule has 0 saturated carbocycles. The van der Waals surface area contributed by atoms with Gasteiger partial charge >= 0.3 is 5.97 Å². The van der Waals surface area contributed by atoms with Gasteiger partial charge in [-0.2, -0.15) is 0 Å².